The number of carbonyl (C=O) groups is 1. The van der Waals surface area contributed by atoms with Gasteiger partial charge in [-0.05, 0) is 19.1 Å². The van der Waals surface area contributed by atoms with Crippen LogP contribution in [0.5, 0.6) is 0 Å². The summed E-state index contributed by atoms with van der Waals surface area (Å²) >= 11 is 0. The van der Waals surface area contributed by atoms with Crippen LogP contribution in [-0.2, 0) is 0 Å². The van der Waals surface area contributed by atoms with Crippen molar-refractivity contribution in [2.24, 2.45) is 0 Å². The predicted molar refractivity (Wildman–Crippen MR) is 52.8 cm³/mol. The first-order valence-electron chi connectivity index (χ1n) is 4.14. The SMILES string of the molecule is C#CCN(C(=O)[O-])c1ccc(C)cc1. The van der Waals surface area contributed by atoms with Crippen LogP contribution in [0, 0.1) is 19.3 Å². The van der Waals surface area contributed by atoms with Crippen molar-refractivity contribution in [2.75, 3.05) is 11.4 Å². The van der Waals surface area contributed by atoms with Crippen LogP contribution in [-0.4, -0.2) is 12.6 Å². The van der Waals surface area contributed by atoms with E-state index < -0.39 is 6.09 Å². The zero-order chi connectivity index (χ0) is 10.6. The molecule has 1 rings (SSSR count). The Kier molecular flexibility index (Phi) is 3.14. The molecule has 14 heavy (non-hydrogen) atoms. The van der Waals surface area contributed by atoms with E-state index >= 15 is 0 Å². The Hall–Kier alpha value is -1.95. The van der Waals surface area contributed by atoms with Crippen molar-refractivity contribution in [3.8, 4) is 12.3 Å². The molecule has 0 fully saturated rings. The lowest BCUT2D eigenvalue weighted by atomic mass is 10.2. The number of aryl methyl sites for hydroxylation is 1. The summed E-state index contributed by atoms with van der Waals surface area (Å²) < 4.78 is 0. The minimum Gasteiger partial charge on any atom is -0.530 e. The second-order valence-corrected chi connectivity index (χ2v) is 2.89. The van der Waals surface area contributed by atoms with E-state index in [1.54, 1.807) is 12.1 Å². The van der Waals surface area contributed by atoms with Crippen molar-refractivity contribution in [3.05, 3.63) is 29.8 Å². The summed E-state index contributed by atoms with van der Waals surface area (Å²) in [4.78, 5) is 11.7. The molecule has 0 saturated heterocycles. The molecule has 1 amide bonds. The summed E-state index contributed by atoms with van der Waals surface area (Å²) in [5.41, 5.74) is 1.60. The summed E-state index contributed by atoms with van der Waals surface area (Å²) in [6.45, 7) is 1.93. The standard InChI is InChI=1S/C11H11NO2/c1-3-8-12(11(13)14)10-6-4-9(2)5-7-10/h1,4-7H,8H2,2H3,(H,13,14)/p-1. The third kappa shape index (κ3) is 2.27. The van der Waals surface area contributed by atoms with Gasteiger partial charge in [0.1, 0.15) is 6.09 Å². The first kappa shape index (κ1) is 10.1. The monoisotopic (exact) mass is 188 g/mol. The third-order valence-corrected chi connectivity index (χ3v) is 1.82. The number of carbonyl (C=O) groups excluding carboxylic acids is 1. The molecule has 0 aliphatic carbocycles. The van der Waals surface area contributed by atoms with Crippen LogP contribution in [0.25, 0.3) is 0 Å². The van der Waals surface area contributed by atoms with Crippen LogP contribution in [0.3, 0.4) is 0 Å². The highest BCUT2D eigenvalue weighted by atomic mass is 16.4. The van der Waals surface area contributed by atoms with Gasteiger partial charge in [0.15, 0.2) is 0 Å². The summed E-state index contributed by atoms with van der Waals surface area (Å²) in [6, 6.07) is 7.04. The lowest BCUT2D eigenvalue weighted by molar-refractivity contribution is -0.246. The fourth-order valence-electron chi connectivity index (χ4n) is 1.08. The molecule has 0 heterocycles. The van der Waals surface area contributed by atoms with Gasteiger partial charge in [0.25, 0.3) is 0 Å². The molecular formula is C11H10NO2-. The lowest BCUT2D eigenvalue weighted by Gasteiger charge is -2.22. The van der Waals surface area contributed by atoms with Gasteiger partial charge < -0.3 is 14.8 Å². The molecular weight excluding hydrogens is 178 g/mol. The second kappa shape index (κ2) is 4.33. The summed E-state index contributed by atoms with van der Waals surface area (Å²) in [5, 5.41) is 10.7. The van der Waals surface area contributed by atoms with E-state index in [2.05, 4.69) is 5.92 Å². The number of hydrogen-bond donors (Lipinski definition) is 0. The predicted octanol–water partition coefficient (Wildman–Crippen LogP) is 0.778. The molecule has 72 valence electrons. The van der Waals surface area contributed by atoms with Crippen LogP contribution >= 0.6 is 0 Å². The Morgan fingerprint density at radius 1 is 1.50 bits per heavy atom. The van der Waals surface area contributed by atoms with Gasteiger partial charge in [0.05, 0.1) is 6.54 Å². The van der Waals surface area contributed by atoms with Gasteiger partial charge in [-0.15, -0.1) is 6.42 Å². The van der Waals surface area contributed by atoms with Gasteiger partial charge in [0, 0.05) is 5.69 Å². The molecule has 0 aliphatic rings. The first-order valence-corrected chi connectivity index (χ1v) is 4.14. The van der Waals surface area contributed by atoms with Crippen molar-refractivity contribution in [1.82, 2.24) is 0 Å². The number of rotatable bonds is 2. The van der Waals surface area contributed by atoms with E-state index in [1.165, 1.54) is 0 Å². The van der Waals surface area contributed by atoms with Gasteiger partial charge in [-0.25, -0.2) is 0 Å². The second-order valence-electron chi connectivity index (χ2n) is 2.89. The van der Waals surface area contributed by atoms with Crippen LogP contribution in [0.2, 0.25) is 0 Å². The van der Waals surface area contributed by atoms with Crippen LogP contribution < -0.4 is 10.0 Å². The third-order valence-electron chi connectivity index (χ3n) is 1.82. The van der Waals surface area contributed by atoms with E-state index in [4.69, 9.17) is 6.42 Å². The minimum absolute atomic E-state index is 0.00535. The molecule has 1 aromatic rings. The minimum atomic E-state index is -1.29. The topological polar surface area (TPSA) is 43.4 Å². The molecule has 3 nitrogen and oxygen atoms in total. The van der Waals surface area contributed by atoms with E-state index in [9.17, 15) is 9.90 Å². The highest BCUT2D eigenvalue weighted by Crippen LogP contribution is 2.13. The largest absolute Gasteiger partial charge is 0.530 e. The fourth-order valence-corrected chi connectivity index (χ4v) is 1.08. The molecule has 0 aliphatic heterocycles. The van der Waals surface area contributed by atoms with E-state index in [0.29, 0.717) is 5.69 Å². The van der Waals surface area contributed by atoms with Gasteiger partial charge in [0.2, 0.25) is 0 Å². The number of terminal acetylenes is 1. The maximum Gasteiger partial charge on any atom is 0.142 e. The van der Waals surface area contributed by atoms with Crippen molar-refractivity contribution in [1.29, 1.82) is 0 Å². The maximum absolute atomic E-state index is 10.7. The summed E-state index contributed by atoms with van der Waals surface area (Å²) in [6.07, 6.45) is 3.77. The number of nitrogens with zero attached hydrogens (tertiary/aromatic N) is 1. The average Bonchev–Trinajstić information content (AvgIpc) is 2.15. The first-order chi connectivity index (χ1) is 6.65. The Balaban J connectivity index is 2.95. The Bertz CT molecular complexity index is 362. The van der Waals surface area contributed by atoms with Crippen molar-refractivity contribution in [3.63, 3.8) is 0 Å². The van der Waals surface area contributed by atoms with Gasteiger partial charge in [-0.1, -0.05) is 23.6 Å². The average molecular weight is 188 g/mol. The molecule has 0 radical (unpaired) electrons. The Labute approximate surface area is 83.0 Å². The molecule has 0 saturated carbocycles. The zero-order valence-electron chi connectivity index (χ0n) is 7.86. The van der Waals surface area contributed by atoms with Crippen LogP contribution in [0.15, 0.2) is 24.3 Å². The van der Waals surface area contributed by atoms with E-state index in [1.807, 2.05) is 19.1 Å². The summed E-state index contributed by atoms with van der Waals surface area (Å²) in [5.74, 6) is 2.27. The van der Waals surface area contributed by atoms with Crippen LogP contribution in [0.4, 0.5) is 10.5 Å². The van der Waals surface area contributed by atoms with Gasteiger partial charge >= 0.3 is 0 Å². The number of hydrogen-bond acceptors (Lipinski definition) is 2. The Morgan fingerprint density at radius 2 is 2.07 bits per heavy atom. The highest BCUT2D eigenvalue weighted by molar-refractivity contribution is 5.84. The zero-order valence-corrected chi connectivity index (χ0v) is 7.86. The highest BCUT2D eigenvalue weighted by Gasteiger charge is 2.04. The lowest BCUT2D eigenvalue weighted by Crippen LogP contribution is -2.41. The van der Waals surface area contributed by atoms with Crippen molar-refractivity contribution >= 4 is 11.8 Å². The molecule has 0 aromatic heterocycles. The smallest absolute Gasteiger partial charge is 0.142 e. The normalized spacial score (nSPS) is 9.14. The molecule has 0 unspecified atom stereocenters. The molecule has 0 atom stereocenters. The van der Waals surface area contributed by atoms with Crippen molar-refractivity contribution < 1.29 is 9.90 Å². The number of carboxylic acid groups (broad SMARTS) is 1. The van der Waals surface area contributed by atoms with Gasteiger partial charge in [-0.2, -0.15) is 0 Å². The quantitative estimate of drug-likeness (QED) is 0.643. The molecule has 1 aromatic carbocycles. The van der Waals surface area contributed by atoms with Gasteiger partial charge in [-0.3, -0.25) is 0 Å². The summed E-state index contributed by atoms with van der Waals surface area (Å²) in [7, 11) is 0. The molecule has 3 heteroatoms. The van der Waals surface area contributed by atoms with Crippen LogP contribution in [0.1, 0.15) is 5.56 Å². The number of amides is 1. The van der Waals surface area contributed by atoms with E-state index in [0.717, 1.165) is 10.5 Å². The maximum atomic E-state index is 10.7. The number of benzene rings is 1. The molecule has 0 N–H and O–H groups in total. The molecule has 0 bridgehead atoms. The fraction of sp³-hybridized carbons (Fsp3) is 0.182. The Morgan fingerprint density at radius 3 is 2.50 bits per heavy atom. The van der Waals surface area contributed by atoms with E-state index in [-0.39, 0.29) is 6.54 Å². The molecule has 0 spiro atoms. The number of anilines is 1. The van der Waals surface area contributed by atoms with Crippen molar-refractivity contribution in [2.45, 2.75) is 6.92 Å².